The molecule has 1 heterocycles. The van der Waals surface area contributed by atoms with Crippen LogP contribution in [0.5, 0.6) is 11.5 Å². The molecule has 0 bridgehead atoms. The SMILES string of the molecule is C=CCc1ccc(O)c(-c2cc(CC=C)cc(CN3CCCCC3)c2O)c1. The van der Waals surface area contributed by atoms with Crippen molar-refractivity contribution in [2.75, 3.05) is 13.1 Å². The van der Waals surface area contributed by atoms with Crippen molar-refractivity contribution < 1.29 is 10.2 Å². The predicted octanol–water partition coefficient (Wildman–Crippen LogP) is 5.21. The van der Waals surface area contributed by atoms with Gasteiger partial charge in [-0.05, 0) is 68.1 Å². The molecule has 3 heteroatoms. The van der Waals surface area contributed by atoms with E-state index in [9.17, 15) is 10.2 Å². The molecule has 0 radical (unpaired) electrons. The summed E-state index contributed by atoms with van der Waals surface area (Å²) in [6, 6.07) is 9.55. The van der Waals surface area contributed by atoms with Crippen molar-refractivity contribution in [3.63, 3.8) is 0 Å². The third-order valence-corrected chi connectivity index (χ3v) is 5.20. The number of benzene rings is 2. The van der Waals surface area contributed by atoms with Gasteiger partial charge in [0.15, 0.2) is 0 Å². The molecule has 0 saturated carbocycles. The van der Waals surface area contributed by atoms with Gasteiger partial charge in [0.05, 0.1) is 0 Å². The summed E-state index contributed by atoms with van der Waals surface area (Å²) in [6.45, 7) is 10.5. The van der Waals surface area contributed by atoms with Crippen LogP contribution in [0.15, 0.2) is 55.6 Å². The lowest BCUT2D eigenvalue weighted by atomic mass is 9.94. The lowest BCUT2D eigenvalue weighted by molar-refractivity contribution is 0.218. The summed E-state index contributed by atoms with van der Waals surface area (Å²) < 4.78 is 0. The van der Waals surface area contributed by atoms with Gasteiger partial charge >= 0.3 is 0 Å². The fourth-order valence-electron chi connectivity index (χ4n) is 3.82. The van der Waals surface area contributed by atoms with Crippen molar-refractivity contribution in [3.05, 3.63) is 72.3 Å². The van der Waals surface area contributed by atoms with Crippen molar-refractivity contribution in [1.82, 2.24) is 4.90 Å². The summed E-state index contributed by atoms with van der Waals surface area (Å²) in [5.41, 5.74) is 4.42. The number of phenols is 2. The molecular weight excluding hydrogens is 334 g/mol. The van der Waals surface area contributed by atoms with Gasteiger partial charge in [0.2, 0.25) is 0 Å². The monoisotopic (exact) mass is 363 g/mol. The zero-order valence-corrected chi connectivity index (χ0v) is 16.0. The molecule has 1 aliphatic rings. The number of hydrogen-bond acceptors (Lipinski definition) is 3. The Kier molecular flexibility index (Phi) is 6.36. The standard InChI is InChI=1S/C24H29NO2/c1-3-8-18-10-11-23(26)21(15-18)22-16-19(9-4-2)14-20(24(22)27)17-25-12-6-5-7-13-25/h3-4,10-11,14-16,26-27H,1-2,5-9,12-13,17H2. The van der Waals surface area contributed by atoms with E-state index in [1.54, 1.807) is 6.07 Å². The molecule has 1 saturated heterocycles. The first kappa shape index (κ1) is 19.2. The topological polar surface area (TPSA) is 43.7 Å². The number of nitrogens with zero attached hydrogens (tertiary/aromatic N) is 1. The number of allylic oxidation sites excluding steroid dienone is 2. The molecule has 0 spiro atoms. The molecule has 2 aromatic rings. The van der Waals surface area contributed by atoms with Crippen LogP contribution in [0.3, 0.4) is 0 Å². The fourth-order valence-corrected chi connectivity index (χ4v) is 3.82. The quantitative estimate of drug-likeness (QED) is 0.664. The molecule has 2 aromatic carbocycles. The Morgan fingerprint density at radius 1 is 0.852 bits per heavy atom. The molecule has 2 N–H and O–H groups in total. The van der Waals surface area contributed by atoms with Crippen LogP contribution in [0.2, 0.25) is 0 Å². The van der Waals surface area contributed by atoms with Crippen molar-refractivity contribution >= 4 is 0 Å². The van der Waals surface area contributed by atoms with Gasteiger partial charge < -0.3 is 10.2 Å². The van der Waals surface area contributed by atoms with Crippen LogP contribution in [0, 0.1) is 0 Å². The average Bonchev–Trinajstić information content (AvgIpc) is 2.67. The highest BCUT2D eigenvalue weighted by Crippen LogP contribution is 2.39. The second-order valence-corrected chi connectivity index (χ2v) is 7.33. The molecule has 0 unspecified atom stereocenters. The minimum absolute atomic E-state index is 0.179. The smallest absolute Gasteiger partial charge is 0.128 e. The molecule has 0 atom stereocenters. The molecule has 3 rings (SSSR count). The van der Waals surface area contributed by atoms with E-state index < -0.39 is 0 Å². The first-order chi connectivity index (χ1) is 13.1. The van der Waals surface area contributed by atoms with Gasteiger partial charge in [-0.2, -0.15) is 0 Å². The van der Waals surface area contributed by atoms with Crippen LogP contribution in [0.1, 0.15) is 36.0 Å². The maximum Gasteiger partial charge on any atom is 0.128 e. The maximum absolute atomic E-state index is 11.0. The van der Waals surface area contributed by atoms with Crippen LogP contribution < -0.4 is 0 Å². The average molecular weight is 364 g/mol. The van der Waals surface area contributed by atoms with E-state index in [1.807, 2.05) is 30.4 Å². The summed E-state index contributed by atoms with van der Waals surface area (Å²) in [7, 11) is 0. The Morgan fingerprint density at radius 3 is 2.22 bits per heavy atom. The number of hydrogen-bond donors (Lipinski definition) is 2. The van der Waals surface area contributed by atoms with Gasteiger partial charge in [-0.3, -0.25) is 4.90 Å². The third-order valence-electron chi connectivity index (χ3n) is 5.20. The minimum atomic E-state index is 0.179. The third kappa shape index (κ3) is 4.61. The fraction of sp³-hybridized carbons (Fsp3) is 0.333. The van der Waals surface area contributed by atoms with Gasteiger partial charge in [0.25, 0.3) is 0 Å². The number of phenolic OH excluding ortho intramolecular Hbond substituents is 2. The summed E-state index contributed by atoms with van der Waals surface area (Å²) in [5.74, 6) is 0.442. The zero-order chi connectivity index (χ0) is 19.2. The van der Waals surface area contributed by atoms with E-state index in [4.69, 9.17) is 0 Å². The van der Waals surface area contributed by atoms with Crippen molar-refractivity contribution in [2.45, 2.75) is 38.6 Å². The summed E-state index contributed by atoms with van der Waals surface area (Å²) in [6.07, 6.45) is 8.87. The molecular formula is C24H29NO2. The lowest BCUT2D eigenvalue weighted by Crippen LogP contribution is -2.29. The molecule has 1 fully saturated rings. The van der Waals surface area contributed by atoms with Gasteiger partial charge in [-0.1, -0.05) is 30.7 Å². The summed E-state index contributed by atoms with van der Waals surface area (Å²) in [4.78, 5) is 2.40. The van der Waals surface area contributed by atoms with E-state index >= 15 is 0 Å². The number of aromatic hydroxyl groups is 2. The molecule has 3 nitrogen and oxygen atoms in total. The molecule has 27 heavy (non-hydrogen) atoms. The van der Waals surface area contributed by atoms with Gasteiger partial charge in [0, 0.05) is 23.2 Å². The Morgan fingerprint density at radius 2 is 1.52 bits per heavy atom. The Hall–Kier alpha value is -2.52. The highest BCUT2D eigenvalue weighted by atomic mass is 16.3. The normalized spacial score (nSPS) is 14.8. The second-order valence-electron chi connectivity index (χ2n) is 7.33. The Bertz CT molecular complexity index is 819. The van der Waals surface area contributed by atoms with E-state index in [2.05, 4.69) is 24.1 Å². The Balaban J connectivity index is 2.04. The van der Waals surface area contributed by atoms with E-state index in [1.165, 1.54) is 19.3 Å². The van der Waals surface area contributed by atoms with Gasteiger partial charge in [-0.15, -0.1) is 13.2 Å². The Labute approximate surface area is 162 Å². The molecule has 1 aliphatic heterocycles. The molecule has 0 aromatic heterocycles. The lowest BCUT2D eigenvalue weighted by Gasteiger charge is -2.27. The van der Waals surface area contributed by atoms with Gasteiger partial charge in [0.1, 0.15) is 11.5 Å². The first-order valence-electron chi connectivity index (χ1n) is 9.73. The predicted molar refractivity (Wildman–Crippen MR) is 112 cm³/mol. The largest absolute Gasteiger partial charge is 0.507 e. The number of piperidine rings is 1. The van der Waals surface area contributed by atoms with Gasteiger partial charge in [-0.25, -0.2) is 0 Å². The molecule has 0 aliphatic carbocycles. The summed E-state index contributed by atoms with van der Waals surface area (Å²) in [5, 5.41) is 21.5. The first-order valence-corrected chi connectivity index (χ1v) is 9.73. The highest BCUT2D eigenvalue weighted by Gasteiger charge is 2.18. The minimum Gasteiger partial charge on any atom is -0.507 e. The molecule has 0 amide bonds. The second kappa shape index (κ2) is 8.92. The van der Waals surface area contributed by atoms with Crippen LogP contribution in [-0.4, -0.2) is 28.2 Å². The van der Waals surface area contributed by atoms with Crippen molar-refractivity contribution in [2.24, 2.45) is 0 Å². The number of rotatable bonds is 7. The van der Waals surface area contributed by atoms with Crippen molar-refractivity contribution in [3.8, 4) is 22.6 Å². The molecule has 142 valence electrons. The number of likely N-dealkylation sites (tertiary alicyclic amines) is 1. The van der Waals surface area contributed by atoms with Crippen LogP contribution >= 0.6 is 0 Å². The van der Waals surface area contributed by atoms with E-state index in [-0.39, 0.29) is 11.5 Å². The van der Waals surface area contributed by atoms with E-state index in [0.29, 0.717) is 11.1 Å². The van der Waals surface area contributed by atoms with Crippen LogP contribution in [-0.2, 0) is 19.4 Å². The van der Waals surface area contributed by atoms with E-state index in [0.717, 1.165) is 49.2 Å². The van der Waals surface area contributed by atoms with Crippen molar-refractivity contribution in [1.29, 1.82) is 0 Å². The van der Waals surface area contributed by atoms with Crippen LogP contribution in [0.4, 0.5) is 0 Å². The highest BCUT2D eigenvalue weighted by molar-refractivity contribution is 5.78. The summed E-state index contributed by atoms with van der Waals surface area (Å²) >= 11 is 0. The maximum atomic E-state index is 11.0. The van der Waals surface area contributed by atoms with Crippen LogP contribution in [0.25, 0.3) is 11.1 Å². The zero-order valence-electron chi connectivity index (χ0n) is 16.0.